The Hall–Kier alpha value is -1.80. The van der Waals surface area contributed by atoms with Gasteiger partial charge in [-0.3, -0.25) is 0 Å². The maximum atomic E-state index is 10.2. The molecule has 1 aromatic rings. The molecule has 0 aliphatic carbocycles. The van der Waals surface area contributed by atoms with E-state index < -0.39 is 0 Å². The molecule has 4 nitrogen and oxygen atoms in total. The summed E-state index contributed by atoms with van der Waals surface area (Å²) in [5.41, 5.74) is 2.11. The number of anilines is 1. The predicted octanol–water partition coefficient (Wildman–Crippen LogP) is 2.13. The van der Waals surface area contributed by atoms with E-state index in [9.17, 15) is 4.79 Å². The van der Waals surface area contributed by atoms with E-state index in [1.54, 1.807) is 13.2 Å². The third-order valence-corrected chi connectivity index (χ3v) is 3.05. The molecule has 4 heteroatoms. The van der Waals surface area contributed by atoms with Crippen LogP contribution in [0.4, 0.5) is 5.69 Å². The standard InChI is InChI=1S/C13H16N2O2/c1-17-13-5-4-12(15-6-2-3-7-15)8-11(13)9-14-10-16/h4-5,8H,2-3,6-7,9H2,1H3. The van der Waals surface area contributed by atoms with E-state index in [0.717, 1.165) is 24.4 Å². The molecule has 0 radical (unpaired) electrons. The Labute approximate surface area is 101 Å². The molecular weight excluding hydrogens is 216 g/mol. The van der Waals surface area contributed by atoms with Gasteiger partial charge in [0.25, 0.3) is 0 Å². The van der Waals surface area contributed by atoms with Crippen molar-refractivity contribution in [3.05, 3.63) is 23.8 Å². The Balaban J connectivity index is 2.26. The highest BCUT2D eigenvalue weighted by atomic mass is 16.5. The lowest BCUT2D eigenvalue weighted by atomic mass is 10.1. The average Bonchev–Trinajstić information content (AvgIpc) is 2.89. The molecule has 17 heavy (non-hydrogen) atoms. The van der Waals surface area contributed by atoms with Crippen LogP contribution in [0, 0.1) is 0 Å². The van der Waals surface area contributed by atoms with Crippen LogP contribution in [-0.2, 0) is 11.3 Å². The summed E-state index contributed by atoms with van der Waals surface area (Å²) in [4.78, 5) is 16.1. The molecule has 1 aliphatic heterocycles. The summed E-state index contributed by atoms with van der Waals surface area (Å²) >= 11 is 0. The van der Waals surface area contributed by atoms with Gasteiger partial charge in [-0.05, 0) is 31.0 Å². The van der Waals surface area contributed by atoms with E-state index in [-0.39, 0.29) is 0 Å². The van der Waals surface area contributed by atoms with E-state index >= 15 is 0 Å². The number of rotatable bonds is 4. The van der Waals surface area contributed by atoms with Crippen LogP contribution in [0.5, 0.6) is 5.75 Å². The summed E-state index contributed by atoms with van der Waals surface area (Å²) in [5.74, 6) is 0.770. The molecular formula is C13H16N2O2. The SMILES string of the molecule is COc1ccc(N2CCCC2)cc1CN=C=O. The summed E-state index contributed by atoms with van der Waals surface area (Å²) in [5, 5.41) is 0. The van der Waals surface area contributed by atoms with Gasteiger partial charge in [-0.15, -0.1) is 0 Å². The van der Waals surface area contributed by atoms with Gasteiger partial charge in [0.15, 0.2) is 0 Å². The van der Waals surface area contributed by atoms with Crippen LogP contribution in [0.25, 0.3) is 0 Å². The number of benzene rings is 1. The largest absolute Gasteiger partial charge is 0.496 e. The van der Waals surface area contributed by atoms with Gasteiger partial charge in [0.2, 0.25) is 6.08 Å². The molecule has 0 amide bonds. The van der Waals surface area contributed by atoms with Gasteiger partial charge in [0, 0.05) is 24.3 Å². The number of nitrogens with zero attached hydrogens (tertiary/aromatic N) is 2. The third-order valence-electron chi connectivity index (χ3n) is 3.05. The van der Waals surface area contributed by atoms with E-state index in [2.05, 4.69) is 16.0 Å². The first-order chi connectivity index (χ1) is 8.35. The molecule has 90 valence electrons. The first-order valence-electron chi connectivity index (χ1n) is 5.80. The van der Waals surface area contributed by atoms with Gasteiger partial charge < -0.3 is 9.64 Å². The fourth-order valence-corrected chi connectivity index (χ4v) is 2.18. The Morgan fingerprint density at radius 3 is 2.82 bits per heavy atom. The molecule has 1 aliphatic rings. The molecule has 0 aromatic heterocycles. The maximum Gasteiger partial charge on any atom is 0.235 e. The number of ether oxygens (including phenoxy) is 1. The molecule has 2 rings (SSSR count). The van der Waals surface area contributed by atoms with Gasteiger partial charge >= 0.3 is 0 Å². The number of hydrogen-bond donors (Lipinski definition) is 0. The number of hydrogen-bond acceptors (Lipinski definition) is 4. The molecule has 1 saturated heterocycles. The minimum absolute atomic E-state index is 0.328. The van der Waals surface area contributed by atoms with E-state index in [1.165, 1.54) is 18.5 Å². The van der Waals surface area contributed by atoms with Crippen molar-refractivity contribution in [3.8, 4) is 5.75 Å². The summed E-state index contributed by atoms with van der Waals surface area (Å²) in [6.07, 6.45) is 4.05. The van der Waals surface area contributed by atoms with Crippen LogP contribution >= 0.6 is 0 Å². The lowest BCUT2D eigenvalue weighted by Crippen LogP contribution is -2.17. The summed E-state index contributed by atoms with van der Waals surface area (Å²) < 4.78 is 5.25. The number of carbonyl (C=O) groups excluding carboxylic acids is 1. The second kappa shape index (κ2) is 5.51. The summed E-state index contributed by atoms with van der Waals surface area (Å²) in [7, 11) is 1.62. The van der Waals surface area contributed by atoms with Crippen molar-refractivity contribution >= 4 is 11.8 Å². The monoisotopic (exact) mass is 232 g/mol. The van der Waals surface area contributed by atoms with Crippen LogP contribution in [0.3, 0.4) is 0 Å². The average molecular weight is 232 g/mol. The molecule has 1 heterocycles. The van der Waals surface area contributed by atoms with Crippen molar-refractivity contribution in [1.29, 1.82) is 0 Å². The lowest BCUT2D eigenvalue weighted by Gasteiger charge is -2.19. The summed E-state index contributed by atoms with van der Waals surface area (Å²) in [6.45, 7) is 2.53. The molecule has 0 atom stereocenters. The molecule has 1 aromatic carbocycles. The van der Waals surface area contributed by atoms with Crippen LogP contribution < -0.4 is 9.64 Å². The zero-order valence-electron chi connectivity index (χ0n) is 9.98. The van der Waals surface area contributed by atoms with Crippen molar-refractivity contribution in [2.75, 3.05) is 25.1 Å². The van der Waals surface area contributed by atoms with E-state index in [1.807, 2.05) is 12.1 Å². The van der Waals surface area contributed by atoms with Gasteiger partial charge in [0.05, 0.1) is 13.7 Å². The Morgan fingerprint density at radius 1 is 1.41 bits per heavy atom. The molecule has 0 bridgehead atoms. The first-order valence-corrected chi connectivity index (χ1v) is 5.80. The fraction of sp³-hybridized carbons (Fsp3) is 0.462. The Kier molecular flexibility index (Phi) is 3.78. The molecule has 0 unspecified atom stereocenters. The van der Waals surface area contributed by atoms with Crippen LogP contribution in [0.1, 0.15) is 18.4 Å². The van der Waals surface area contributed by atoms with Gasteiger partial charge in [-0.2, -0.15) is 0 Å². The lowest BCUT2D eigenvalue weighted by molar-refractivity contribution is 0.410. The zero-order valence-corrected chi connectivity index (χ0v) is 9.98. The van der Waals surface area contributed by atoms with E-state index in [4.69, 9.17) is 4.74 Å². The van der Waals surface area contributed by atoms with Crippen molar-refractivity contribution in [2.45, 2.75) is 19.4 Å². The fourth-order valence-electron chi connectivity index (χ4n) is 2.18. The Bertz CT molecular complexity index is 433. The van der Waals surface area contributed by atoms with Crippen molar-refractivity contribution in [3.63, 3.8) is 0 Å². The van der Waals surface area contributed by atoms with Crippen LogP contribution in [-0.4, -0.2) is 26.3 Å². The molecule has 0 saturated carbocycles. The van der Waals surface area contributed by atoms with Gasteiger partial charge in [-0.25, -0.2) is 9.79 Å². The predicted molar refractivity (Wildman–Crippen MR) is 66.3 cm³/mol. The third kappa shape index (κ3) is 2.66. The van der Waals surface area contributed by atoms with E-state index in [0.29, 0.717) is 6.54 Å². The minimum Gasteiger partial charge on any atom is -0.496 e. The second-order valence-electron chi connectivity index (χ2n) is 4.10. The highest BCUT2D eigenvalue weighted by molar-refractivity contribution is 5.54. The quantitative estimate of drug-likeness (QED) is 0.590. The van der Waals surface area contributed by atoms with Crippen LogP contribution in [0.15, 0.2) is 23.2 Å². The number of methoxy groups -OCH3 is 1. The number of aliphatic imine (C=N–C) groups is 1. The van der Waals surface area contributed by atoms with Crippen molar-refractivity contribution < 1.29 is 9.53 Å². The van der Waals surface area contributed by atoms with Crippen LogP contribution in [0.2, 0.25) is 0 Å². The smallest absolute Gasteiger partial charge is 0.235 e. The first kappa shape index (κ1) is 11.7. The van der Waals surface area contributed by atoms with Gasteiger partial charge in [0.1, 0.15) is 5.75 Å². The molecule has 0 spiro atoms. The normalized spacial score (nSPS) is 14.5. The summed E-state index contributed by atoms with van der Waals surface area (Å²) in [6, 6.07) is 6.03. The minimum atomic E-state index is 0.328. The maximum absolute atomic E-state index is 10.2. The second-order valence-corrected chi connectivity index (χ2v) is 4.10. The number of isocyanates is 1. The zero-order chi connectivity index (χ0) is 12.1. The highest BCUT2D eigenvalue weighted by Gasteiger charge is 2.14. The molecule has 0 N–H and O–H groups in total. The topological polar surface area (TPSA) is 41.9 Å². The highest BCUT2D eigenvalue weighted by Crippen LogP contribution is 2.27. The molecule has 1 fully saturated rings. The van der Waals surface area contributed by atoms with Crippen molar-refractivity contribution in [2.24, 2.45) is 4.99 Å². The van der Waals surface area contributed by atoms with Crippen molar-refractivity contribution in [1.82, 2.24) is 0 Å². The Morgan fingerprint density at radius 2 is 2.18 bits per heavy atom. The van der Waals surface area contributed by atoms with Gasteiger partial charge in [-0.1, -0.05) is 0 Å².